The summed E-state index contributed by atoms with van der Waals surface area (Å²) in [6.45, 7) is 0. The molecule has 0 spiro atoms. The highest BCUT2D eigenvalue weighted by Gasteiger charge is 2.23. The van der Waals surface area contributed by atoms with E-state index in [2.05, 4.69) is 0 Å². The molecule has 3 rings (SSSR count). The molecule has 0 aliphatic heterocycles. The molecule has 6 nitrogen and oxygen atoms in total. The molecule has 130 valence electrons. The van der Waals surface area contributed by atoms with Crippen LogP contribution >= 0.6 is 0 Å². The number of nitrogens with zero attached hydrogens (tertiary/aromatic N) is 1. The highest BCUT2D eigenvalue weighted by Crippen LogP contribution is 2.26. The first-order valence-corrected chi connectivity index (χ1v) is 10.3. The van der Waals surface area contributed by atoms with Gasteiger partial charge in [-0.15, -0.1) is 0 Å². The molecule has 0 bridgehead atoms. The Bertz CT molecular complexity index is 1160. The summed E-state index contributed by atoms with van der Waals surface area (Å²) in [7, 11) is -6.50. The second kappa shape index (κ2) is 6.14. The SMILES string of the molecule is CN(c1ccc2ccccc2c1)S(=O)(=O)c1cccc(S(N)(=O)=O)c1. The van der Waals surface area contributed by atoms with Crippen molar-refractivity contribution in [3.63, 3.8) is 0 Å². The van der Waals surface area contributed by atoms with Gasteiger partial charge in [0, 0.05) is 7.05 Å². The van der Waals surface area contributed by atoms with Crippen LogP contribution in [0.15, 0.2) is 76.5 Å². The lowest BCUT2D eigenvalue weighted by molar-refractivity contribution is 0.593. The molecular weight excluding hydrogens is 360 g/mol. The number of hydrogen-bond acceptors (Lipinski definition) is 4. The summed E-state index contributed by atoms with van der Waals surface area (Å²) in [5.74, 6) is 0. The zero-order chi connectivity index (χ0) is 18.2. The van der Waals surface area contributed by atoms with E-state index in [1.54, 1.807) is 12.1 Å². The molecule has 3 aromatic rings. The van der Waals surface area contributed by atoms with Crippen molar-refractivity contribution in [3.05, 3.63) is 66.7 Å². The van der Waals surface area contributed by atoms with Crippen molar-refractivity contribution in [2.45, 2.75) is 9.79 Å². The average molecular weight is 376 g/mol. The first-order valence-electron chi connectivity index (χ1n) is 7.30. The van der Waals surface area contributed by atoms with Crippen LogP contribution < -0.4 is 9.44 Å². The Balaban J connectivity index is 2.06. The van der Waals surface area contributed by atoms with Crippen molar-refractivity contribution in [3.8, 4) is 0 Å². The first-order chi connectivity index (χ1) is 11.7. The molecule has 0 aromatic heterocycles. The lowest BCUT2D eigenvalue weighted by Gasteiger charge is -2.20. The molecule has 0 aliphatic carbocycles. The summed E-state index contributed by atoms with van der Waals surface area (Å²) in [6.07, 6.45) is 0. The van der Waals surface area contributed by atoms with E-state index in [1.807, 2.05) is 30.3 Å². The summed E-state index contributed by atoms with van der Waals surface area (Å²) in [5.41, 5.74) is 0.472. The number of rotatable bonds is 4. The molecule has 0 aliphatic rings. The van der Waals surface area contributed by atoms with E-state index in [9.17, 15) is 16.8 Å². The highest BCUT2D eigenvalue weighted by atomic mass is 32.2. The van der Waals surface area contributed by atoms with Crippen LogP contribution in [0.2, 0.25) is 0 Å². The Labute approximate surface area is 146 Å². The van der Waals surface area contributed by atoms with E-state index in [0.29, 0.717) is 5.69 Å². The van der Waals surface area contributed by atoms with Gasteiger partial charge in [-0.2, -0.15) is 0 Å². The highest BCUT2D eigenvalue weighted by molar-refractivity contribution is 7.93. The fourth-order valence-corrected chi connectivity index (χ4v) is 4.35. The zero-order valence-corrected chi connectivity index (χ0v) is 15.0. The maximum atomic E-state index is 12.8. The summed E-state index contributed by atoms with van der Waals surface area (Å²) in [6, 6.07) is 17.9. The van der Waals surface area contributed by atoms with Crippen molar-refractivity contribution in [1.29, 1.82) is 0 Å². The third-order valence-corrected chi connectivity index (χ3v) is 6.58. The molecule has 0 atom stereocenters. The predicted octanol–water partition coefficient (Wildman–Crippen LogP) is 2.31. The van der Waals surface area contributed by atoms with Crippen LogP contribution in [-0.4, -0.2) is 23.9 Å². The molecule has 0 fully saturated rings. The minimum absolute atomic E-state index is 0.144. The molecular formula is C17H16N2O4S2. The lowest BCUT2D eigenvalue weighted by atomic mass is 10.1. The van der Waals surface area contributed by atoms with Gasteiger partial charge in [0.25, 0.3) is 10.0 Å². The number of fused-ring (bicyclic) bond motifs is 1. The number of hydrogen-bond donors (Lipinski definition) is 1. The largest absolute Gasteiger partial charge is 0.269 e. The number of anilines is 1. The van der Waals surface area contributed by atoms with Crippen molar-refractivity contribution in [1.82, 2.24) is 0 Å². The second-order valence-electron chi connectivity index (χ2n) is 5.52. The van der Waals surface area contributed by atoms with Gasteiger partial charge in [0.05, 0.1) is 15.5 Å². The Kier molecular flexibility index (Phi) is 4.28. The van der Waals surface area contributed by atoms with Gasteiger partial charge < -0.3 is 0 Å². The summed E-state index contributed by atoms with van der Waals surface area (Å²) in [5, 5.41) is 6.98. The predicted molar refractivity (Wildman–Crippen MR) is 97.4 cm³/mol. The molecule has 0 saturated carbocycles. The van der Waals surface area contributed by atoms with Crippen LogP contribution in [0.1, 0.15) is 0 Å². The Hall–Kier alpha value is -2.42. The van der Waals surface area contributed by atoms with Crippen LogP contribution in [0.25, 0.3) is 10.8 Å². The van der Waals surface area contributed by atoms with E-state index in [-0.39, 0.29) is 9.79 Å². The summed E-state index contributed by atoms with van der Waals surface area (Å²) >= 11 is 0. The lowest BCUT2D eigenvalue weighted by Crippen LogP contribution is -2.26. The van der Waals surface area contributed by atoms with Crippen molar-refractivity contribution in [2.24, 2.45) is 5.14 Å². The second-order valence-corrected chi connectivity index (χ2v) is 9.05. The minimum atomic E-state index is -3.99. The van der Waals surface area contributed by atoms with Gasteiger partial charge in [0.2, 0.25) is 10.0 Å². The summed E-state index contributed by atoms with van der Waals surface area (Å²) in [4.78, 5) is -0.393. The fourth-order valence-electron chi connectivity index (χ4n) is 2.48. The van der Waals surface area contributed by atoms with Crippen LogP contribution in [0.4, 0.5) is 5.69 Å². The molecule has 0 saturated heterocycles. The normalized spacial score (nSPS) is 12.2. The molecule has 0 amide bonds. The van der Waals surface area contributed by atoms with Gasteiger partial charge in [-0.25, -0.2) is 22.0 Å². The van der Waals surface area contributed by atoms with Gasteiger partial charge in [0.15, 0.2) is 0 Å². The molecule has 0 heterocycles. The molecule has 0 radical (unpaired) electrons. The standard InChI is InChI=1S/C17H16N2O4S2/c1-19(15-10-9-13-5-2-3-6-14(13)11-15)25(22,23)17-8-4-7-16(12-17)24(18,20)21/h2-12H,1H3,(H2,18,20,21). The smallest absolute Gasteiger partial charge is 0.264 e. The average Bonchev–Trinajstić information content (AvgIpc) is 2.60. The topological polar surface area (TPSA) is 97.5 Å². The van der Waals surface area contributed by atoms with E-state index < -0.39 is 20.0 Å². The molecule has 2 N–H and O–H groups in total. The van der Waals surface area contributed by atoms with Crippen LogP contribution in [0.5, 0.6) is 0 Å². The number of sulfonamides is 2. The van der Waals surface area contributed by atoms with Crippen molar-refractivity contribution < 1.29 is 16.8 Å². The van der Waals surface area contributed by atoms with Crippen LogP contribution in [0, 0.1) is 0 Å². The van der Waals surface area contributed by atoms with E-state index in [4.69, 9.17) is 5.14 Å². The third kappa shape index (κ3) is 3.37. The fraction of sp³-hybridized carbons (Fsp3) is 0.0588. The quantitative estimate of drug-likeness (QED) is 0.755. The molecule has 8 heteroatoms. The van der Waals surface area contributed by atoms with Gasteiger partial charge in [-0.3, -0.25) is 4.31 Å². The molecule has 3 aromatic carbocycles. The van der Waals surface area contributed by atoms with Gasteiger partial charge >= 0.3 is 0 Å². The third-order valence-electron chi connectivity index (χ3n) is 3.89. The maximum Gasteiger partial charge on any atom is 0.264 e. The van der Waals surface area contributed by atoms with Crippen molar-refractivity contribution in [2.75, 3.05) is 11.4 Å². The van der Waals surface area contributed by atoms with Gasteiger partial charge in [0.1, 0.15) is 0 Å². The minimum Gasteiger partial charge on any atom is -0.269 e. The zero-order valence-electron chi connectivity index (χ0n) is 13.3. The van der Waals surface area contributed by atoms with Crippen LogP contribution in [-0.2, 0) is 20.0 Å². The number of primary sulfonamides is 1. The maximum absolute atomic E-state index is 12.8. The monoisotopic (exact) mass is 376 g/mol. The van der Waals surface area contributed by atoms with E-state index >= 15 is 0 Å². The molecule has 0 unspecified atom stereocenters. The van der Waals surface area contributed by atoms with Gasteiger partial charge in [-0.1, -0.05) is 36.4 Å². The molecule has 25 heavy (non-hydrogen) atoms. The Morgan fingerprint density at radius 3 is 2.08 bits per heavy atom. The Morgan fingerprint density at radius 1 is 0.760 bits per heavy atom. The number of benzene rings is 3. The number of nitrogens with two attached hydrogens (primary N) is 1. The van der Waals surface area contributed by atoms with Crippen molar-refractivity contribution >= 4 is 36.5 Å². The van der Waals surface area contributed by atoms with E-state index in [0.717, 1.165) is 21.1 Å². The van der Waals surface area contributed by atoms with E-state index in [1.165, 1.54) is 25.2 Å². The van der Waals surface area contributed by atoms with Crippen LogP contribution in [0.3, 0.4) is 0 Å². The Morgan fingerprint density at radius 2 is 1.40 bits per heavy atom. The van der Waals surface area contributed by atoms with Gasteiger partial charge in [-0.05, 0) is 41.1 Å². The summed E-state index contributed by atoms with van der Waals surface area (Å²) < 4.78 is 49.7. The first kappa shape index (κ1) is 17.4.